The lowest BCUT2D eigenvalue weighted by atomic mass is 9.47. The van der Waals surface area contributed by atoms with Gasteiger partial charge in [-0.05, 0) is 117 Å². The minimum absolute atomic E-state index is 0.00846. The maximum absolute atomic E-state index is 12.8. The Kier molecular flexibility index (Phi) is 15.9. The predicted octanol–water partition coefficient (Wildman–Crippen LogP) is 12.7. The quantitative estimate of drug-likeness (QED) is 0.0610. The smallest absolute Gasteiger partial charge is 0.306 e. The van der Waals surface area contributed by atoms with Crippen molar-refractivity contribution in [2.24, 2.45) is 46.3 Å². The van der Waals surface area contributed by atoms with Crippen molar-refractivity contribution in [1.29, 1.82) is 0 Å². The number of carbonyl (C=O) groups excluding carboxylic acids is 1. The van der Waals surface area contributed by atoms with E-state index < -0.39 is 0 Å². The van der Waals surface area contributed by atoms with Crippen molar-refractivity contribution in [2.45, 2.75) is 195 Å². The zero-order chi connectivity index (χ0) is 34.6. The molecule has 4 rings (SSSR count). The van der Waals surface area contributed by atoms with Gasteiger partial charge in [0.05, 0.1) is 6.10 Å². The van der Waals surface area contributed by atoms with Crippen molar-refractivity contribution in [3.05, 3.63) is 36.0 Å². The number of aliphatic hydroxyl groups excluding tert-OH is 1. The second-order valence-electron chi connectivity index (χ2n) is 17.8. The van der Waals surface area contributed by atoms with Crippen LogP contribution in [0.15, 0.2) is 36.0 Å². The van der Waals surface area contributed by atoms with E-state index in [0.29, 0.717) is 17.3 Å². The molecule has 0 saturated heterocycles. The van der Waals surface area contributed by atoms with Gasteiger partial charge in [-0.2, -0.15) is 0 Å². The van der Waals surface area contributed by atoms with Gasteiger partial charge in [0.1, 0.15) is 6.10 Å². The van der Waals surface area contributed by atoms with Gasteiger partial charge in [-0.25, -0.2) is 0 Å². The number of hydrogen-bond acceptors (Lipinski definition) is 3. The number of carbonyl (C=O) groups is 1. The van der Waals surface area contributed by atoms with Crippen molar-refractivity contribution < 1.29 is 14.6 Å². The summed E-state index contributed by atoms with van der Waals surface area (Å²) in [6.07, 6.45) is 36.4. The summed E-state index contributed by atoms with van der Waals surface area (Å²) in [4.78, 5) is 12.8. The van der Waals surface area contributed by atoms with Crippen molar-refractivity contribution >= 4 is 5.97 Å². The number of esters is 1. The molecule has 3 nitrogen and oxygen atoms in total. The van der Waals surface area contributed by atoms with Crippen LogP contribution in [0.25, 0.3) is 0 Å². The van der Waals surface area contributed by atoms with Gasteiger partial charge in [-0.3, -0.25) is 4.79 Å². The number of rotatable bonds is 20. The fourth-order valence-corrected chi connectivity index (χ4v) is 11.1. The molecule has 0 spiro atoms. The minimum Gasteiger partial charge on any atom is -0.462 e. The zero-order valence-corrected chi connectivity index (χ0v) is 32.3. The predicted molar refractivity (Wildman–Crippen MR) is 204 cm³/mol. The Morgan fingerprint density at radius 2 is 1.69 bits per heavy atom. The maximum Gasteiger partial charge on any atom is 0.306 e. The SMILES string of the molecule is CCCCC/C=C\C=C\C(O)CCCCCCCC(=O)OC1CC[C@@]2(C)C(=CCC3C2CC[C@@]2(C)C3CC[C@@H]2[C@H](C)CCCC(C)C)C1. The number of hydrogen-bond donors (Lipinski definition) is 1. The fraction of sp³-hybridized carbons (Fsp3) is 0.844. The molecule has 3 saturated carbocycles. The second kappa shape index (κ2) is 19.3. The summed E-state index contributed by atoms with van der Waals surface area (Å²) >= 11 is 0. The Balaban J connectivity index is 1.13. The molecular weight excluding hydrogens is 588 g/mol. The molecule has 1 N–H and O–H groups in total. The molecule has 9 atom stereocenters. The number of allylic oxidation sites excluding steroid dienone is 4. The van der Waals surface area contributed by atoms with E-state index in [9.17, 15) is 9.90 Å². The Morgan fingerprint density at radius 3 is 2.48 bits per heavy atom. The molecule has 0 aromatic heterocycles. The first-order chi connectivity index (χ1) is 23.1. The zero-order valence-electron chi connectivity index (χ0n) is 32.3. The summed E-state index contributed by atoms with van der Waals surface area (Å²) in [6.45, 7) is 14.8. The van der Waals surface area contributed by atoms with E-state index >= 15 is 0 Å². The summed E-state index contributed by atoms with van der Waals surface area (Å²) in [5.74, 6) is 5.18. The monoisotopic (exact) mass is 665 g/mol. The van der Waals surface area contributed by atoms with Gasteiger partial charge in [0.2, 0.25) is 0 Å². The van der Waals surface area contributed by atoms with Crippen LogP contribution in [0.2, 0.25) is 0 Å². The highest BCUT2D eigenvalue weighted by Crippen LogP contribution is 2.67. The molecule has 4 aliphatic rings. The number of fused-ring (bicyclic) bond motifs is 5. The van der Waals surface area contributed by atoms with Crippen molar-refractivity contribution in [3.8, 4) is 0 Å². The van der Waals surface area contributed by atoms with Crippen molar-refractivity contribution in [1.82, 2.24) is 0 Å². The molecule has 0 aromatic rings. The van der Waals surface area contributed by atoms with Gasteiger partial charge in [-0.15, -0.1) is 0 Å². The molecule has 0 aliphatic heterocycles. The molecule has 48 heavy (non-hydrogen) atoms. The maximum atomic E-state index is 12.8. The number of ether oxygens (including phenoxy) is 1. The van der Waals surface area contributed by atoms with Crippen molar-refractivity contribution in [2.75, 3.05) is 0 Å². The van der Waals surface area contributed by atoms with Crippen LogP contribution in [-0.2, 0) is 9.53 Å². The second-order valence-corrected chi connectivity index (χ2v) is 17.8. The van der Waals surface area contributed by atoms with Gasteiger partial charge >= 0.3 is 5.97 Å². The van der Waals surface area contributed by atoms with Gasteiger partial charge in [0.15, 0.2) is 0 Å². The Bertz CT molecular complexity index is 1050. The molecule has 0 amide bonds. The first kappa shape index (κ1) is 39.4. The third kappa shape index (κ3) is 10.6. The van der Waals surface area contributed by atoms with Crippen LogP contribution in [0.1, 0.15) is 183 Å². The Hall–Kier alpha value is -1.35. The molecule has 5 unspecified atom stereocenters. The van der Waals surface area contributed by atoms with E-state index in [1.54, 1.807) is 5.57 Å². The van der Waals surface area contributed by atoms with Crippen molar-refractivity contribution in [3.63, 3.8) is 0 Å². The fourth-order valence-electron chi connectivity index (χ4n) is 11.1. The van der Waals surface area contributed by atoms with E-state index in [0.717, 1.165) is 93.3 Å². The highest BCUT2D eigenvalue weighted by Gasteiger charge is 2.59. The average Bonchev–Trinajstić information content (AvgIpc) is 3.41. The lowest BCUT2D eigenvalue weighted by Gasteiger charge is -2.58. The van der Waals surface area contributed by atoms with Gasteiger partial charge < -0.3 is 9.84 Å². The summed E-state index contributed by atoms with van der Waals surface area (Å²) in [6, 6.07) is 0. The molecule has 4 aliphatic carbocycles. The van der Waals surface area contributed by atoms with Crippen LogP contribution in [-0.4, -0.2) is 23.3 Å². The first-order valence-corrected chi connectivity index (χ1v) is 21.0. The molecular formula is C45H76O3. The summed E-state index contributed by atoms with van der Waals surface area (Å²) in [7, 11) is 0. The van der Waals surface area contributed by atoms with Gasteiger partial charge in [0.25, 0.3) is 0 Å². The van der Waals surface area contributed by atoms with Crippen LogP contribution >= 0.6 is 0 Å². The van der Waals surface area contributed by atoms with Crippen LogP contribution in [0.3, 0.4) is 0 Å². The molecule has 274 valence electrons. The molecule has 3 fully saturated rings. The third-order valence-corrected chi connectivity index (χ3v) is 14.0. The topological polar surface area (TPSA) is 46.5 Å². The Labute approximate surface area is 297 Å². The molecule has 0 heterocycles. The Morgan fingerprint density at radius 1 is 0.896 bits per heavy atom. The van der Waals surface area contributed by atoms with E-state index in [1.807, 2.05) is 12.2 Å². The van der Waals surface area contributed by atoms with Crippen LogP contribution in [0.5, 0.6) is 0 Å². The molecule has 0 bridgehead atoms. The van der Waals surface area contributed by atoms with E-state index in [2.05, 4.69) is 59.8 Å². The summed E-state index contributed by atoms with van der Waals surface area (Å²) in [5, 5.41) is 10.2. The number of aliphatic hydroxyl groups is 1. The molecule has 3 heteroatoms. The van der Waals surface area contributed by atoms with E-state index in [4.69, 9.17) is 4.74 Å². The first-order valence-electron chi connectivity index (χ1n) is 21.0. The highest BCUT2D eigenvalue weighted by atomic mass is 16.5. The largest absolute Gasteiger partial charge is 0.462 e. The van der Waals surface area contributed by atoms with E-state index in [1.165, 1.54) is 77.0 Å². The third-order valence-electron chi connectivity index (χ3n) is 14.0. The lowest BCUT2D eigenvalue weighted by molar-refractivity contribution is -0.151. The minimum atomic E-state index is -0.353. The average molecular weight is 665 g/mol. The molecule has 0 aromatic carbocycles. The standard InChI is InChI=1S/C45H76O3/c1-7-8-9-10-11-13-16-22-37(46)23-17-14-12-15-18-24-43(47)48-38-29-31-44(5)36(33-38)25-26-39-41-28-27-40(35(4)21-19-20-34(2)3)45(41,6)32-30-42(39)44/h11,13,16,22,25,34-35,37-42,46H,7-10,12,14-15,17-21,23-24,26-33H2,1-6H3/b13-11-,22-16+/t35-,37?,38?,39?,40-,41?,42?,44+,45-/m1/s1. The summed E-state index contributed by atoms with van der Waals surface area (Å²) in [5.41, 5.74) is 2.46. The van der Waals surface area contributed by atoms with Gasteiger partial charge in [0, 0.05) is 12.8 Å². The van der Waals surface area contributed by atoms with E-state index in [-0.39, 0.29) is 18.2 Å². The van der Waals surface area contributed by atoms with Gasteiger partial charge in [-0.1, -0.05) is 135 Å². The summed E-state index contributed by atoms with van der Waals surface area (Å²) < 4.78 is 6.10. The molecule has 0 radical (unpaired) electrons. The van der Waals surface area contributed by atoms with Crippen LogP contribution in [0.4, 0.5) is 0 Å². The lowest BCUT2D eigenvalue weighted by Crippen LogP contribution is -2.51. The normalized spacial score (nSPS) is 33.0. The number of unbranched alkanes of at least 4 members (excludes halogenated alkanes) is 7. The van der Waals surface area contributed by atoms with Crippen LogP contribution < -0.4 is 0 Å². The highest BCUT2D eigenvalue weighted by molar-refractivity contribution is 5.69. The van der Waals surface area contributed by atoms with Crippen LogP contribution in [0, 0.1) is 46.3 Å².